The number of nitrogens with two attached hydrogens (primary N) is 1. The van der Waals surface area contributed by atoms with Crippen molar-refractivity contribution in [2.75, 3.05) is 5.73 Å². The standard InChI is InChI=1S/C14H15F3N2S/c1-3-11-12(20-13(18)19-11)7-9-5-4-8(2)10(6-9)14(15,16)17/h4-6H,3,7H2,1-2H3,(H2,18,19). The third-order valence-corrected chi connectivity index (χ3v) is 4.03. The number of anilines is 1. The lowest BCUT2D eigenvalue weighted by Gasteiger charge is -2.12. The van der Waals surface area contributed by atoms with Gasteiger partial charge in [-0.25, -0.2) is 4.98 Å². The summed E-state index contributed by atoms with van der Waals surface area (Å²) in [5.74, 6) is 0. The molecule has 0 amide bonds. The van der Waals surface area contributed by atoms with Crippen molar-refractivity contribution in [1.82, 2.24) is 4.98 Å². The minimum atomic E-state index is -4.32. The Balaban J connectivity index is 2.35. The van der Waals surface area contributed by atoms with E-state index in [9.17, 15) is 13.2 Å². The fourth-order valence-corrected chi connectivity index (χ4v) is 3.04. The van der Waals surface area contributed by atoms with Gasteiger partial charge in [0.15, 0.2) is 5.13 Å². The summed E-state index contributed by atoms with van der Waals surface area (Å²) in [6.45, 7) is 3.42. The van der Waals surface area contributed by atoms with Crippen LogP contribution in [0.3, 0.4) is 0 Å². The normalized spacial score (nSPS) is 11.8. The third-order valence-electron chi connectivity index (χ3n) is 3.10. The zero-order chi connectivity index (χ0) is 14.9. The third kappa shape index (κ3) is 3.12. The van der Waals surface area contributed by atoms with Crippen LogP contribution in [0, 0.1) is 6.92 Å². The van der Waals surface area contributed by atoms with Gasteiger partial charge < -0.3 is 5.73 Å². The second kappa shape index (κ2) is 5.44. The molecule has 6 heteroatoms. The Hall–Kier alpha value is -1.56. The molecular formula is C14H15F3N2S. The molecule has 0 bridgehead atoms. The van der Waals surface area contributed by atoms with E-state index >= 15 is 0 Å². The highest BCUT2D eigenvalue weighted by Gasteiger charge is 2.32. The minimum Gasteiger partial charge on any atom is -0.375 e. The number of hydrogen-bond acceptors (Lipinski definition) is 3. The Labute approximate surface area is 119 Å². The van der Waals surface area contributed by atoms with E-state index in [0.717, 1.165) is 17.0 Å². The lowest BCUT2D eigenvalue weighted by atomic mass is 10.0. The molecule has 20 heavy (non-hydrogen) atoms. The predicted octanol–water partition coefficient (Wildman–Crippen LogP) is 4.21. The van der Waals surface area contributed by atoms with Crippen LogP contribution in [-0.2, 0) is 19.0 Å². The van der Waals surface area contributed by atoms with Crippen molar-refractivity contribution in [3.05, 3.63) is 45.5 Å². The molecule has 0 fully saturated rings. The molecule has 0 aliphatic heterocycles. The first kappa shape index (κ1) is 14.8. The highest BCUT2D eigenvalue weighted by molar-refractivity contribution is 7.15. The van der Waals surface area contributed by atoms with E-state index in [4.69, 9.17) is 5.73 Å². The second-order valence-electron chi connectivity index (χ2n) is 4.60. The summed E-state index contributed by atoms with van der Waals surface area (Å²) in [7, 11) is 0. The van der Waals surface area contributed by atoms with E-state index < -0.39 is 11.7 Å². The maximum Gasteiger partial charge on any atom is 0.416 e. The molecule has 0 aliphatic carbocycles. The van der Waals surface area contributed by atoms with Gasteiger partial charge in [-0.15, -0.1) is 11.3 Å². The van der Waals surface area contributed by atoms with Crippen molar-refractivity contribution < 1.29 is 13.2 Å². The van der Waals surface area contributed by atoms with E-state index in [1.807, 2.05) is 6.92 Å². The Morgan fingerprint density at radius 3 is 2.60 bits per heavy atom. The molecule has 0 saturated heterocycles. The molecule has 2 N–H and O–H groups in total. The lowest BCUT2D eigenvalue weighted by Crippen LogP contribution is -2.08. The summed E-state index contributed by atoms with van der Waals surface area (Å²) in [5.41, 5.74) is 6.81. The number of hydrogen-bond donors (Lipinski definition) is 1. The second-order valence-corrected chi connectivity index (χ2v) is 5.71. The van der Waals surface area contributed by atoms with Crippen molar-refractivity contribution in [3.8, 4) is 0 Å². The average Bonchev–Trinajstić information content (AvgIpc) is 2.70. The molecule has 2 aromatic rings. The first-order valence-electron chi connectivity index (χ1n) is 6.22. The molecule has 0 unspecified atom stereocenters. The number of halogens is 3. The van der Waals surface area contributed by atoms with Crippen LogP contribution in [-0.4, -0.2) is 4.98 Å². The van der Waals surface area contributed by atoms with Gasteiger partial charge in [-0.05, 0) is 30.5 Å². The summed E-state index contributed by atoms with van der Waals surface area (Å²) in [5, 5.41) is 0.458. The quantitative estimate of drug-likeness (QED) is 0.922. The van der Waals surface area contributed by atoms with Gasteiger partial charge in [-0.3, -0.25) is 0 Å². The predicted molar refractivity (Wildman–Crippen MR) is 74.9 cm³/mol. The number of aromatic nitrogens is 1. The van der Waals surface area contributed by atoms with Crippen LogP contribution in [0.2, 0.25) is 0 Å². The van der Waals surface area contributed by atoms with Crippen LogP contribution in [0.25, 0.3) is 0 Å². The molecule has 1 aromatic heterocycles. The number of aryl methyl sites for hydroxylation is 2. The Morgan fingerprint density at radius 1 is 1.30 bits per heavy atom. The Bertz CT molecular complexity index is 617. The molecule has 2 nitrogen and oxygen atoms in total. The summed E-state index contributed by atoms with van der Waals surface area (Å²) < 4.78 is 38.7. The first-order chi connectivity index (χ1) is 9.31. The number of alkyl halides is 3. The monoisotopic (exact) mass is 300 g/mol. The Kier molecular flexibility index (Phi) is 4.04. The maximum absolute atomic E-state index is 12.9. The van der Waals surface area contributed by atoms with Crippen molar-refractivity contribution >= 4 is 16.5 Å². The van der Waals surface area contributed by atoms with E-state index in [1.165, 1.54) is 30.4 Å². The molecule has 0 atom stereocenters. The van der Waals surface area contributed by atoms with Crippen LogP contribution in [0.4, 0.5) is 18.3 Å². The zero-order valence-corrected chi connectivity index (χ0v) is 12.0. The van der Waals surface area contributed by atoms with Crippen molar-refractivity contribution in [3.63, 3.8) is 0 Å². The molecule has 0 spiro atoms. The van der Waals surface area contributed by atoms with Crippen LogP contribution >= 0.6 is 11.3 Å². The van der Waals surface area contributed by atoms with Gasteiger partial charge in [0.25, 0.3) is 0 Å². The van der Waals surface area contributed by atoms with Crippen LogP contribution in [0.15, 0.2) is 18.2 Å². The molecule has 1 heterocycles. The van der Waals surface area contributed by atoms with E-state index in [1.54, 1.807) is 6.07 Å². The van der Waals surface area contributed by atoms with Gasteiger partial charge in [-0.2, -0.15) is 13.2 Å². The smallest absolute Gasteiger partial charge is 0.375 e. The molecule has 108 valence electrons. The van der Waals surface area contributed by atoms with E-state index in [0.29, 0.717) is 17.1 Å². The SMILES string of the molecule is CCc1nc(N)sc1Cc1ccc(C)c(C(F)(F)F)c1. The summed E-state index contributed by atoms with van der Waals surface area (Å²) in [4.78, 5) is 5.12. The fraction of sp³-hybridized carbons (Fsp3) is 0.357. The molecule has 2 rings (SSSR count). The van der Waals surface area contributed by atoms with Crippen molar-refractivity contribution in [1.29, 1.82) is 0 Å². The molecular weight excluding hydrogens is 285 g/mol. The van der Waals surface area contributed by atoms with Crippen molar-refractivity contribution in [2.45, 2.75) is 32.9 Å². The highest BCUT2D eigenvalue weighted by atomic mass is 32.1. The summed E-state index contributed by atoms with van der Waals surface area (Å²) in [6.07, 6.45) is -3.16. The maximum atomic E-state index is 12.9. The largest absolute Gasteiger partial charge is 0.416 e. The topological polar surface area (TPSA) is 38.9 Å². The van der Waals surface area contributed by atoms with Gasteiger partial charge in [0.2, 0.25) is 0 Å². The van der Waals surface area contributed by atoms with E-state index in [-0.39, 0.29) is 5.56 Å². The van der Waals surface area contributed by atoms with E-state index in [2.05, 4.69) is 4.98 Å². The van der Waals surface area contributed by atoms with Crippen molar-refractivity contribution in [2.24, 2.45) is 0 Å². The number of benzene rings is 1. The van der Waals surface area contributed by atoms with Crippen LogP contribution < -0.4 is 5.73 Å². The van der Waals surface area contributed by atoms with Gasteiger partial charge >= 0.3 is 6.18 Å². The number of nitrogens with zero attached hydrogens (tertiary/aromatic N) is 1. The van der Waals surface area contributed by atoms with Gasteiger partial charge in [-0.1, -0.05) is 19.1 Å². The lowest BCUT2D eigenvalue weighted by molar-refractivity contribution is -0.138. The van der Waals surface area contributed by atoms with Crippen LogP contribution in [0.5, 0.6) is 0 Å². The van der Waals surface area contributed by atoms with Crippen LogP contribution in [0.1, 0.15) is 34.2 Å². The number of nitrogen functional groups attached to an aromatic ring is 1. The average molecular weight is 300 g/mol. The highest BCUT2D eigenvalue weighted by Crippen LogP contribution is 2.33. The molecule has 1 aromatic carbocycles. The zero-order valence-electron chi connectivity index (χ0n) is 11.2. The first-order valence-corrected chi connectivity index (χ1v) is 7.03. The minimum absolute atomic E-state index is 0.237. The fourth-order valence-electron chi connectivity index (χ4n) is 2.09. The number of thiazole rings is 1. The molecule has 0 radical (unpaired) electrons. The molecule has 0 saturated carbocycles. The Morgan fingerprint density at radius 2 is 2.00 bits per heavy atom. The number of rotatable bonds is 3. The molecule has 0 aliphatic rings. The van der Waals surface area contributed by atoms with Gasteiger partial charge in [0, 0.05) is 11.3 Å². The van der Waals surface area contributed by atoms with Gasteiger partial charge in [0.05, 0.1) is 11.3 Å². The summed E-state index contributed by atoms with van der Waals surface area (Å²) in [6, 6.07) is 4.44. The summed E-state index contributed by atoms with van der Waals surface area (Å²) >= 11 is 1.34. The van der Waals surface area contributed by atoms with Gasteiger partial charge in [0.1, 0.15) is 0 Å².